The van der Waals surface area contributed by atoms with Gasteiger partial charge in [-0.25, -0.2) is 4.98 Å². The maximum atomic E-state index is 12.2. The van der Waals surface area contributed by atoms with Crippen molar-refractivity contribution in [2.45, 2.75) is 26.2 Å². The number of piperidine rings is 1. The van der Waals surface area contributed by atoms with Crippen LogP contribution in [0.3, 0.4) is 0 Å². The number of aryl methyl sites for hydroxylation is 1. The molecular formula is C11H18N4O. The highest BCUT2D eigenvalue weighted by atomic mass is 16.1. The number of hydrogen-bond donors (Lipinski definition) is 1. The molecule has 1 saturated heterocycles. The summed E-state index contributed by atoms with van der Waals surface area (Å²) >= 11 is 0. The van der Waals surface area contributed by atoms with Crippen LogP contribution < -0.4 is 5.32 Å². The summed E-state index contributed by atoms with van der Waals surface area (Å²) in [4.78, 5) is 16.3. The van der Waals surface area contributed by atoms with Gasteiger partial charge in [0.2, 0.25) is 0 Å². The molecule has 88 valence electrons. The van der Waals surface area contributed by atoms with Gasteiger partial charge in [0, 0.05) is 19.0 Å². The number of rotatable bonds is 3. The molecule has 2 rings (SSSR count). The Morgan fingerprint density at radius 3 is 3.06 bits per heavy atom. The highest BCUT2D eigenvalue weighted by Gasteiger charge is 2.34. The summed E-state index contributed by atoms with van der Waals surface area (Å²) in [5, 5.41) is 7.26. The fourth-order valence-corrected chi connectivity index (χ4v) is 2.13. The number of ketones is 1. The molecule has 1 fully saturated rings. The van der Waals surface area contributed by atoms with Gasteiger partial charge in [-0.15, -0.1) is 0 Å². The van der Waals surface area contributed by atoms with Crippen LogP contribution >= 0.6 is 0 Å². The maximum Gasteiger partial charge on any atom is 0.147 e. The minimum Gasteiger partial charge on any atom is -0.316 e. The van der Waals surface area contributed by atoms with Crippen molar-refractivity contribution < 1.29 is 4.79 Å². The third-order valence-corrected chi connectivity index (χ3v) is 3.39. The average Bonchev–Trinajstić information content (AvgIpc) is 2.65. The molecule has 0 aliphatic carbocycles. The molecule has 0 spiro atoms. The molecule has 16 heavy (non-hydrogen) atoms. The molecule has 5 nitrogen and oxygen atoms in total. The fraction of sp³-hybridized carbons (Fsp3) is 0.727. The molecule has 1 aliphatic heterocycles. The topological polar surface area (TPSA) is 59.8 Å². The second kappa shape index (κ2) is 4.33. The number of carbonyl (C=O) groups is 1. The van der Waals surface area contributed by atoms with Crippen LogP contribution in [-0.2, 0) is 18.3 Å². The second-order valence-corrected chi connectivity index (χ2v) is 4.74. The summed E-state index contributed by atoms with van der Waals surface area (Å²) < 4.78 is 1.66. The summed E-state index contributed by atoms with van der Waals surface area (Å²) in [6, 6.07) is 0. The normalized spacial score (nSPS) is 25.6. The van der Waals surface area contributed by atoms with E-state index in [0.717, 1.165) is 31.8 Å². The first-order chi connectivity index (χ1) is 7.62. The molecule has 1 aliphatic rings. The van der Waals surface area contributed by atoms with Crippen molar-refractivity contribution >= 4 is 5.78 Å². The van der Waals surface area contributed by atoms with E-state index in [1.165, 1.54) is 6.33 Å². The van der Waals surface area contributed by atoms with Crippen molar-refractivity contribution in [2.75, 3.05) is 13.1 Å². The van der Waals surface area contributed by atoms with Gasteiger partial charge >= 0.3 is 0 Å². The van der Waals surface area contributed by atoms with Gasteiger partial charge in [-0.1, -0.05) is 6.92 Å². The van der Waals surface area contributed by atoms with Crippen molar-refractivity contribution in [3.63, 3.8) is 0 Å². The molecule has 0 bridgehead atoms. The fourth-order valence-electron chi connectivity index (χ4n) is 2.13. The van der Waals surface area contributed by atoms with Gasteiger partial charge in [-0.3, -0.25) is 9.48 Å². The number of nitrogens with zero attached hydrogens (tertiary/aromatic N) is 3. The molecule has 0 amide bonds. The Balaban J connectivity index is 2.05. The van der Waals surface area contributed by atoms with Crippen LogP contribution in [0.5, 0.6) is 0 Å². The van der Waals surface area contributed by atoms with Gasteiger partial charge in [-0.2, -0.15) is 5.10 Å². The number of carbonyl (C=O) groups excluding carboxylic acids is 1. The summed E-state index contributed by atoms with van der Waals surface area (Å²) in [5.41, 5.74) is -0.232. The van der Waals surface area contributed by atoms with Gasteiger partial charge < -0.3 is 5.32 Å². The Hall–Kier alpha value is -1.23. The van der Waals surface area contributed by atoms with Crippen molar-refractivity contribution in [1.29, 1.82) is 0 Å². The molecule has 1 aromatic heterocycles. The molecule has 0 radical (unpaired) electrons. The zero-order chi connectivity index (χ0) is 11.6. The molecule has 1 N–H and O–H groups in total. The van der Waals surface area contributed by atoms with E-state index in [1.807, 2.05) is 14.0 Å². The molecular weight excluding hydrogens is 204 g/mol. The highest BCUT2D eigenvalue weighted by molar-refractivity contribution is 5.86. The number of aromatic nitrogens is 3. The van der Waals surface area contributed by atoms with Gasteiger partial charge in [-0.05, 0) is 19.4 Å². The highest BCUT2D eigenvalue weighted by Crippen LogP contribution is 2.27. The monoisotopic (exact) mass is 222 g/mol. The van der Waals surface area contributed by atoms with E-state index in [4.69, 9.17) is 0 Å². The van der Waals surface area contributed by atoms with E-state index in [9.17, 15) is 4.79 Å². The molecule has 5 heteroatoms. The van der Waals surface area contributed by atoms with Gasteiger partial charge in [0.25, 0.3) is 0 Å². The van der Waals surface area contributed by atoms with E-state index in [2.05, 4.69) is 15.4 Å². The lowest BCUT2D eigenvalue weighted by Crippen LogP contribution is -2.44. The van der Waals surface area contributed by atoms with Gasteiger partial charge in [0.1, 0.15) is 17.9 Å². The van der Waals surface area contributed by atoms with Crippen LogP contribution in [0.4, 0.5) is 0 Å². The van der Waals surface area contributed by atoms with Crippen LogP contribution in [0, 0.1) is 5.41 Å². The lowest BCUT2D eigenvalue weighted by Gasteiger charge is -2.32. The summed E-state index contributed by atoms with van der Waals surface area (Å²) in [6.07, 6.45) is 3.91. The van der Waals surface area contributed by atoms with Gasteiger partial charge in [0.15, 0.2) is 0 Å². The number of Topliss-reactive ketones (excluding diaryl/α,β-unsaturated/α-hetero) is 1. The standard InChI is InChI=1S/C11H18N4O/c1-11(4-3-5-12-7-11)9(16)6-10-13-8-14-15(10)2/h8,12H,3-7H2,1-2H3. The van der Waals surface area contributed by atoms with Crippen LogP contribution in [0.15, 0.2) is 6.33 Å². The van der Waals surface area contributed by atoms with Crippen molar-refractivity contribution in [3.8, 4) is 0 Å². The van der Waals surface area contributed by atoms with E-state index in [0.29, 0.717) is 6.42 Å². The molecule has 1 aromatic rings. The largest absolute Gasteiger partial charge is 0.316 e. The quantitative estimate of drug-likeness (QED) is 0.800. The van der Waals surface area contributed by atoms with E-state index in [-0.39, 0.29) is 11.2 Å². The zero-order valence-electron chi connectivity index (χ0n) is 9.86. The van der Waals surface area contributed by atoms with Crippen LogP contribution in [0.2, 0.25) is 0 Å². The zero-order valence-corrected chi connectivity index (χ0v) is 9.86. The summed E-state index contributed by atoms with van der Waals surface area (Å²) in [5.74, 6) is 1.01. The molecule has 0 aromatic carbocycles. The lowest BCUT2D eigenvalue weighted by atomic mass is 9.78. The van der Waals surface area contributed by atoms with Crippen LogP contribution in [-0.4, -0.2) is 33.6 Å². The Kier molecular flexibility index (Phi) is 3.05. The third kappa shape index (κ3) is 2.14. The molecule has 1 unspecified atom stereocenters. The minimum absolute atomic E-state index is 0.232. The summed E-state index contributed by atoms with van der Waals surface area (Å²) in [7, 11) is 1.82. The van der Waals surface area contributed by atoms with Gasteiger partial charge in [0.05, 0.1) is 6.42 Å². The van der Waals surface area contributed by atoms with Crippen molar-refractivity contribution in [1.82, 2.24) is 20.1 Å². The second-order valence-electron chi connectivity index (χ2n) is 4.74. The predicted octanol–water partition coefficient (Wildman–Crippen LogP) is 0.316. The third-order valence-electron chi connectivity index (χ3n) is 3.39. The minimum atomic E-state index is -0.232. The maximum absolute atomic E-state index is 12.2. The van der Waals surface area contributed by atoms with E-state index in [1.54, 1.807) is 4.68 Å². The van der Waals surface area contributed by atoms with Crippen LogP contribution in [0.1, 0.15) is 25.6 Å². The average molecular weight is 222 g/mol. The van der Waals surface area contributed by atoms with Crippen LogP contribution in [0.25, 0.3) is 0 Å². The molecule has 1 atom stereocenters. The molecule has 0 saturated carbocycles. The molecule has 2 heterocycles. The lowest BCUT2D eigenvalue weighted by molar-refractivity contribution is -0.128. The first-order valence-corrected chi connectivity index (χ1v) is 5.69. The number of hydrogen-bond acceptors (Lipinski definition) is 4. The first-order valence-electron chi connectivity index (χ1n) is 5.69. The predicted molar refractivity (Wildman–Crippen MR) is 59.9 cm³/mol. The Morgan fingerprint density at radius 1 is 1.69 bits per heavy atom. The Labute approximate surface area is 95.2 Å². The first kappa shape index (κ1) is 11.3. The van der Waals surface area contributed by atoms with Crippen molar-refractivity contribution in [3.05, 3.63) is 12.2 Å². The summed E-state index contributed by atoms with van der Waals surface area (Å²) in [6.45, 7) is 3.84. The Bertz CT molecular complexity index is 379. The Morgan fingerprint density at radius 2 is 2.50 bits per heavy atom. The SMILES string of the molecule is Cn1ncnc1CC(=O)C1(C)CCCNC1. The number of nitrogens with one attached hydrogen (secondary N) is 1. The smallest absolute Gasteiger partial charge is 0.147 e. The van der Waals surface area contributed by atoms with E-state index >= 15 is 0 Å². The van der Waals surface area contributed by atoms with E-state index < -0.39 is 0 Å². The van der Waals surface area contributed by atoms with Crippen molar-refractivity contribution in [2.24, 2.45) is 12.5 Å².